The number of hydrogen-bond acceptors (Lipinski definition) is 35. The quantitative estimate of drug-likeness (QED) is 0.0229. The summed E-state index contributed by atoms with van der Waals surface area (Å²) in [7, 11) is 0. The average Bonchev–Trinajstić information content (AvgIpc) is 0.793. The summed E-state index contributed by atoms with van der Waals surface area (Å²) < 4.78 is 105. The lowest BCUT2D eigenvalue weighted by atomic mass is 9.91. The van der Waals surface area contributed by atoms with E-state index in [1.54, 1.807) is 6.08 Å². The first kappa shape index (κ1) is 116. The number of nitrogens with one attached hydrogen (secondary N) is 7. The molecule has 0 unspecified atom stereocenters. The van der Waals surface area contributed by atoms with E-state index in [-0.39, 0.29) is 109 Å². The number of nitrogens with two attached hydrogens (primary N) is 1. The van der Waals surface area contributed by atoms with Crippen molar-refractivity contribution in [1.29, 1.82) is 0 Å². The van der Waals surface area contributed by atoms with E-state index in [0.29, 0.717) is 76.8 Å². The van der Waals surface area contributed by atoms with Crippen molar-refractivity contribution in [1.82, 2.24) is 37.2 Å². The number of carbonyl (C=O) groups is 16. The molecule has 3 aliphatic heterocycles. The molecule has 0 aromatic carbocycles. The van der Waals surface area contributed by atoms with Gasteiger partial charge in [-0.3, -0.25) is 76.7 Å². The van der Waals surface area contributed by atoms with Gasteiger partial charge in [-0.2, -0.15) is 0 Å². The summed E-state index contributed by atoms with van der Waals surface area (Å²) >= 11 is 0. The van der Waals surface area contributed by atoms with Gasteiger partial charge in [0.05, 0.1) is 25.9 Å². The van der Waals surface area contributed by atoms with Gasteiger partial charge in [0.25, 0.3) is 0 Å². The predicted molar refractivity (Wildman–Crippen MR) is 472 cm³/mol. The van der Waals surface area contributed by atoms with Crippen LogP contribution in [-0.2, 0) is 162 Å². The van der Waals surface area contributed by atoms with Crippen molar-refractivity contribution in [2.75, 3.05) is 92.2 Å². The van der Waals surface area contributed by atoms with Gasteiger partial charge in [0.2, 0.25) is 41.4 Å². The van der Waals surface area contributed by atoms with Crippen LogP contribution in [0.25, 0.3) is 0 Å². The van der Waals surface area contributed by atoms with Gasteiger partial charge in [-0.25, -0.2) is 0 Å². The highest BCUT2D eigenvalue weighted by molar-refractivity contribution is 5.94. The summed E-state index contributed by atoms with van der Waals surface area (Å²) in [5.41, 5.74) is 6.09. The highest BCUT2D eigenvalue weighted by Gasteiger charge is 2.55. The lowest BCUT2D eigenvalue weighted by molar-refractivity contribution is -0.277. The molecule has 0 saturated carbocycles. The Balaban J connectivity index is 1.33. The first-order valence-electron chi connectivity index (χ1n) is 47.0. The van der Waals surface area contributed by atoms with Crippen molar-refractivity contribution < 1.29 is 162 Å². The zero-order valence-electron chi connectivity index (χ0n) is 79.8. The van der Waals surface area contributed by atoms with Crippen molar-refractivity contribution in [2.24, 2.45) is 5.73 Å². The maximum atomic E-state index is 14.0. The molecule has 18 atom stereocenters. The van der Waals surface area contributed by atoms with E-state index in [4.69, 9.17) is 91.0 Å². The van der Waals surface area contributed by atoms with E-state index in [1.165, 1.54) is 48.5 Å². The summed E-state index contributed by atoms with van der Waals surface area (Å²) in [6, 6.07) is -3.22. The van der Waals surface area contributed by atoms with E-state index in [9.17, 15) is 76.7 Å². The second kappa shape index (κ2) is 67.1. The molecule has 42 nitrogen and oxygen atoms in total. The molecule has 0 spiro atoms. The van der Waals surface area contributed by atoms with Crippen LogP contribution in [0.3, 0.4) is 0 Å². The lowest BCUT2D eigenvalue weighted by Gasteiger charge is -2.44. The van der Waals surface area contributed by atoms with E-state index in [1.807, 2.05) is 0 Å². The third kappa shape index (κ3) is 49.8. The van der Waals surface area contributed by atoms with Gasteiger partial charge in [0.1, 0.15) is 68.5 Å². The molecule has 3 heterocycles. The largest absolute Gasteiger partial charge is 0.463 e. The smallest absolute Gasteiger partial charge is 0.303 e. The van der Waals surface area contributed by atoms with Crippen LogP contribution in [0.15, 0.2) is 11.6 Å². The normalized spacial score (nSPS) is 23.7. The maximum Gasteiger partial charge on any atom is 0.303 e. The minimum atomic E-state index is -1.24. The molecule has 0 radical (unpaired) electrons. The molecular weight excluding hydrogens is 1750 g/mol. The number of hydrogen-bond donors (Lipinski definition) is 8. The maximum absolute atomic E-state index is 14.0. The van der Waals surface area contributed by atoms with Gasteiger partial charge in [-0.15, -0.1) is 0 Å². The molecule has 0 aromatic rings. The number of unbranched alkanes of at least 4 members (excludes halogenated alkanes) is 21. The molecule has 0 aromatic heterocycles. The molecule has 758 valence electrons. The van der Waals surface area contributed by atoms with Gasteiger partial charge >= 0.3 is 53.7 Å². The Morgan fingerprint density at radius 1 is 0.301 bits per heavy atom. The molecular formula is C91H150N8O34. The van der Waals surface area contributed by atoms with Crippen LogP contribution in [0.5, 0.6) is 0 Å². The zero-order valence-corrected chi connectivity index (χ0v) is 79.8. The summed E-state index contributed by atoms with van der Waals surface area (Å²) in [4.78, 5) is 200. The number of carbonyl (C=O) groups excluding carboxylic acids is 16. The highest BCUT2D eigenvalue weighted by atomic mass is 16.7. The lowest BCUT2D eigenvalue weighted by Crippen LogP contribution is -2.66. The molecule has 4 aliphatic rings. The Morgan fingerprint density at radius 3 is 0.865 bits per heavy atom. The first-order chi connectivity index (χ1) is 63.6. The van der Waals surface area contributed by atoms with E-state index in [2.05, 4.69) is 37.2 Å². The molecule has 1 aliphatic carbocycles. The molecule has 4 rings (SSSR count). The second-order valence-corrected chi connectivity index (χ2v) is 33.4. The van der Waals surface area contributed by atoms with Crippen LogP contribution in [-0.4, -0.2) is 298 Å². The number of esters is 9. The van der Waals surface area contributed by atoms with Crippen molar-refractivity contribution in [3.05, 3.63) is 11.6 Å². The van der Waals surface area contributed by atoms with Gasteiger partial charge in [-0.05, 0) is 64.0 Å². The molecule has 7 amide bonds. The average molecular weight is 1900 g/mol. The Kier molecular flexibility index (Phi) is 58.6. The Bertz CT molecular complexity index is 3610. The molecule has 133 heavy (non-hydrogen) atoms. The summed E-state index contributed by atoms with van der Waals surface area (Å²) in [5, 5.41) is 20.0. The van der Waals surface area contributed by atoms with Crippen LogP contribution in [0, 0.1) is 0 Å². The zero-order chi connectivity index (χ0) is 98.0. The summed E-state index contributed by atoms with van der Waals surface area (Å²) in [6.07, 6.45) is 4.75. The van der Waals surface area contributed by atoms with Crippen LogP contribution in [0.2, 0.25) is 0 Å². The van der Waals surface area contributed by atoms with Crippen LogP contribution < -0.4 is 43.0 Å². The van der Waals surface area contributed by atoms with Gasteiger partial charge in [0, 0.05) is 160 Å². The van der Waals surface area contributed by atoms with Crippen LogP contribution >= 0.6 is 0 Å². The molecule has 9 N–H and O–H groups in total. The second-order valence-electron chi connectivity index (χ2n) is 33.4. The topological polar surface area (TPSA) is 549 Å². The standard InChI is InChI=1S/C91H150N8O34/c1-57(100)97-78-85(128-66(10)109)82(125-63(7)106)72(54-122-60(4)103)131-89(78)119-46-35-27-19-13-16-23-31-42-93-75(112)38-49-116-70-52-69(88(115)96-45-34-26-22-30-41-92)53-71(117-50-39-76(113)94-43-32-24-17-14-20-28-36-47-120-90-79(98-58(2)101)86(129-67(11)110)83(126-64(8)107)73(132-90)55-123-61(5)104)81(70)118-51-40-77(114)95-44-33-25-18-15-21-29-37-48-121-91-80(99-59(3)102)87(130-68(12)111)84(127-65(9)108)74(133-91)56-124-62(6)105/h52,70-74,78-87,89-91H,13-51,53-56,92H2,1-12H3,(H,93,112)(H,94,113)(H,95,114)(H,96,115)(H,97,100)(H,98,101)(H,99,102)/t70-,71-,72-,73-,74-,78-,79-,80-,81-,82+,83+,84+,85-,86-,87-,89-,90-,91-/m1/s1. The molecule has 42 heteroatoms. The van der Waals surface area contributed by atoms with Crippen molar-refractivity contribution in [3.8, 4) is 0 Å². The molecule has 3 saturated heterocycles. The summed E-state index contributed by atoms with van der Waals surface area (Å²) in [6.45, 7) is 15.8. The van der Waals surface area contributed by atoms with E-state index < -0.39 is 182 Å². The monoisotopic (exact) mass is 1900 g/mol. The Hall–Kier alpha value is -9.14. The third-order valence-electron chi connectivity index (χ3n) is 21.6. The van der Waals surface area contributed by atoms with E-state index in [0.717, 1.165) is 157 Å². The number of ether oxygens (including phenoxy) is 18. The minimum Gasteiger partial charge on any atom is -0.463 e. The van der Waals surface area contributed by atoms with Crippen molar-refractivity contribution in [3.63, 3.8) is 0 Å². The fraction of sp³-hybridized carbons (Fsp3) is 0.802. The predicted octanol–water partition coefficient (Wildman–Crippen LogP) is 4.84. The molecule has 3 fully saturated rings. The fourth-order valence-electron chi connectivity index (χ4n) is 15.6. The minimum absolute atomic E-state index is 0.0280. The Morgan fingerprint density at radius 2 is 0.571 bits per heavy atom. The number of amides is 7. The van der Waals surface area contributed by atoms with Gasteiger partial charge in [0.15, 0.2) is 55.5 Å². The Labute approximate surface area is 780 Å². The van der Waals surface area contributed by atoms with Crippen molar-refractivity contribution >= 4 is 95.1 Å². The fourth-order valence-corrected chi connectivity index (χ4v) is 15.6. The van der Waals surface area contributed by atoms with Gasteiger partial charge in [-0.1, -0.05) is 109 Å². The van der Waals surface area contributed by atoms with Crippen LogP contribution in [0.1, 0.15) is 269 Å². The number of rotatable bonds is 67. The first-order valence-corrected chi connectivity index (χ1v) is 47.0. The SMILES string of the molecule is CC(=O)N[C@H]1[C@H](OCCCCCCCCCNC(=O)CCO[C@@H]2[C@H](OCCC(=O)NCCCCCCCCCO[C@@H]3O[C@H](COC(C)=O)[C@H](OC(C)=O)[C@H](OC(C)=O)[C@H]3NC(C)=O)C=C(C(=O)NCCCCCCN)C[C@H]2OCCC(=O)NCCCCCCCCCO[C@@H]2O[C@H](COC(C)=O)[C@H](OC(C)=O)[C@H](OC(C)=O)[C@H]2NC(C)=O)O[C@H](COC(C)=O)[C@H](OC(C)=O)[C@@H]1OC(C)=O. The van der Waals surface area contributed by atoms with Crippen LogP contribution in [0.4, 0.5) is 0 Å². The van der Waals surface area contributed by atoms with Gasteiger partial charge < -0.3 is 128 Å². The van der Waals surface area contributed by atoms with E-state index >= 15 is 0 Å². The highest BCUT2D eigenvalue weighted by Crippen LogP contribution is 2.34. The third-order valence-corrected chi connectivity index (χ3v) is 21.6. The molecule has 0 bridgehead atoms. The van der Waals surface area contributed by atoms with Crippen molar-refractivity contribution in [2.45, 2.75) is 380 Å². The summed E-state index contributed by atoms with van der Waals surface area (Å²) in [5.74, 6) is -8.77.